The summed E-state index contributed by atoms with van der Waals surface area (Å²) in [6, 6.07) is 7.25. The minimum Gasteiger partial charge on any atom is -0.324 e. The average molecular weight is 289 g/mol. The number of benzene rings is 1. The molecule has 0 amide bonds. The van der Waals surface area contributed by atoms with Gasteiger partial charge in [0.15, 0.2) is 0 Å². The number of hydrogen-bond donors (Lipinski definition) is 0. The summed E-state index contributed by atoms with van der Waals surface area (Å²) in [5, 5.41) is 0. The third-order valence-corrected chi connectivity index (χ3v) is 5.01. The van der Waals surface area contributed by atoms with Crippen LogP contribution in [0.5, 0.6) is 0 Å². The van der Waals surface area contributed by atoms with E-state index in [9.17, 15) is 0 Å². The first-order chi connectivity index (χ1) is 9.79. The maximum Gasteiger partial charge on any atom is 0.111 e. The van der Waals surface area contributed by atoms with Crippen LogP contribution in [0.2, 0.25) is 0 Å². The molecule has 1 aromatic heterocycles. The number of hydrogen-bond acceptors (Lipinski definition) is 1. The molecule has 0 aliphatic heterocycles. The van der Waals surface area contributed by atoms with Gasteiger partial charge in [0.25, 0.3) is 0 Å². The zero-order valence-electron chi connectivity index (χ0n) is 12.0. The second kappa shape index (κ2) is 4.77. The number of aryl methyl sites for hydroxylation is 2. The Balaban J connectivity index is 1.90. The highest BCUT2D eigenvalue weighted by Crippen LogP contribution is 2.53. The summed E-state index contributed by atoms with van der Waals surface area (Å²) in [7, 11) is 0. The molecule has 2 fully saturated rings. The van der Waals surface area contributed by atoms with E-state index in [-0.39, 0.29) is 0 Å². The van der Waals surface area contributed by atoms with Crippen molar-refractivity contribution < 1.29 is 0 Å². The monoisotopic (exact) mass is 288 g/mol. The first kappa shape index (κ1) is 12.7. The SMILES string of the molecule is Cc1cccc2c1nc(CCCl)n2C(C1CC1)C1CC1. The normalized spacial score (nSPS) is 19.1. The Kier molecular flexibility index (Phi) is 3.03. The lowest BCUT2D eigenvalue weighted by molar-refractivity contribution is 0.393. The summed E-state index contributed by atoms with van der Waals surface area (Å²) < 4.78 is 2.56. The second-order valence-corrected chi connectivity index (χ2v) is 6.82. The van der Waals surface area contributed by atoms with Crippen LogP contribution < -0.4 is 0 Å². The molecule has 2 nitrogen and oxygen atoms in total. The van der Waals surface area contributed by atoms with Crippen molar-refractivity contribution in [2.45, 2.75) is 45.1 Å². The topological polar surface area (TPSA) is 17.8 Å². The zero-order chi connectivity index (χ0) is 13.7. The van der Waals surface area contributed by atoms with Crippen molar-refractivity contribution in [3.63, 3.8) is 0 Å². The van der Waals surface area contributed by atoms with E-state index in [1.165, 1.54) is 48.1 Å². The van der Waals surface area contributed by atoms with E-state index in [1.807, 2.05) is 0 Å². The zero-order valence-corrected chi connectivity index (χ0v) is 12.7. The van der Waals surface area contributed by atoms with E-state index in [2.05, 4.69) is 29.7 Å². The third kappa shape index (κ3) is 2.05. The first-order valence-corrected chi connectivity index (χ1v) is 8.35. The van der Waals surface area contributed by atoms with E-state index in [0.717, 1.165) is 18.3 Å². The van der Waals surface area contributed by atoms with Gasteiger partial charge in [-0.3, -0.25) is 0 Å². The highest BCUT2D eigenvalue weighted by atomic mass is 35.5. The van der Waals surface area contributed by atoms with Crippen molar-refractivity contribution in [3.8, 4) is 0 Å². The van der Waals surface area contributed by atoms with E-state index >= 15 is 0 Å². The maximum absolute atomic E-state index is 6.02. The molecular formula is C17H21ClN2. The minimum atomic E-state index is 0.657. The number of aromatic nitrogens is 2. The van der Waals surface area contributed by atoms with Gasteiger partial charge < -0.3 is 4.57 Å². The molecule has 1 heterocycles. The number of para-hydroxylation sites is 1. The molecule has 3 heteroatoms. The largest absolute Gasteiger partial charge is 0.324 e. The molecule has 106 valence electrons. The third-order valence-electron chi connectivity index (χ3n) is 4.82. The molecule has 0 N–H and O–H groups in total. The molecule has 2 aliphatic carbocycles. The molecule has 0 unspecified atom stereocenters. The van der Waals surface area contributed by atoms with Gasteiger partial charge in [0.05, 0.1) is 11.0 Å². The van der Waals surface area contributed by atoms with E-state index in [4.69, 9.17) is 16.6 Å². The number of fused-ring (bicyclic) bond motifs is 1. The van der Waals surface area contributed by atoms with Crippen molar-refractivity contribution in [2.75, 3.05) is 5.88 Å². The first-order valence-electron chi connectivity index (χ1n) is 7.82. The van der Waals surface area contributed by atoms with Crippen molar-refractivity contribution >= 4 is 22.6 Å². The molecule has 1 aromatic carbocycles. The van der Waals surface area contributed by atoms with E-state index in [1.54, 1.807) is 0 Å². The number of halogens is 1. The number of rotatable bonds is 5. The minimum absolute atomic E-state index is 0.657. The Labute approximate surface area is 125 Å². The lowest BCUT2D eigenvalue weighted by Crippen LogP contribution is -2.16. The van der Waals surface area contributed by atoms with Crippen LogP contribution in [0.15, 0.2) is 18.2 Å². The Morgan fingerprint density at radius 2 is 1.95 bits per heavy atom. The fraction of sp³-hybridized carbons (Fsp3) is 0.588. The Hall–Kier alpha value is -1.02. The molecule has 2 aromatic rings. The molecule has 0 spiro atoms. The van der Waals surface area contributed by atoms with Gasteiger partial charge >= 0.3 is 0 Å². The number of imidazole rings is 1. The van der Waals surface area contributed by atoms with Gasteiger partial charge in [-0.05, 0) is 56.1 Å². The summed E-state index contributed by atoms with van der Waals surface area (Å²) >= 11 is 6.02. The van der Waals surface area contributed by atoms with Gasteiger partial charge in [0.1, 0.15) is 5.82 Å². The fourth-order valence-electron chi connectivity index (χ4n) is 3.58. The van der Waals surface area contributed by atoms with Crippen LogP contribution in [0.3, 0.4) is 0 Å². The number of alkyl halides is 1. The fourth-order valence-corrected chi connectivity index (χ4v) is 3.75. The Bertz CT molecular complexity index is 626. The van der Waals surface area contributed by atoms with Crippen molar-refractivity contribution in [2.24, 2.45) is 11.8 Å². The molecule has 4 rings (SSSR count). The molecule has 2 saturated carbocycles. The summed E-state index contributed by atoms with van der Waals surface area (Å²) in [5.41, 5.74) is 3.79. The molecule has 0 saturated heterocycles. The van der Waals surface area contributed by atoms with Gasteiger partial charge in [-0.2, -0.15) is 0 Å². The van der Waals surface area contributed by atoms with Gasteiger partial charge in [0.2, 0.25) is 0 Å². The molecule has 0 bridgehead atoms. The van der Waals surface area contributed by atoms with E-state index in [0.29, 0.717) is 11.9 Å². The Morgan fingerprint density at radius 1 is 1.25 bits per heavy atom. The summed E-state index contributed by atoms with van der Waals surface area (Å²) in [6.07, 6.45) is 6.46. The molecular weight excluding hydrogens is 268 g/mol. The van der Waals surface area contributed by atoms with Crippen LogP contribution in [-0.2, 0) is 6.42 Å². The second-order valence-electron chi connectivity index (χ2n) is 6.45. The molecule has 2 aliphatic rings. The van der Waals surface area contributed by atoms with Crippen LogP contribution in [0.25, 0.3) is 11.0 Å². The quantitative estimate of drug-likeness (QED) is 0.741. The van der Waals surface area contributed by atoms with Crippen LogP contribution in [0.4, 0.5) is 0 Å². The van der Waals surface area contributed by atoms with Crippen molar-refractivity contribution in [1.29, 1.82) is 0 Å². The Morgan fingerprint density at radius 3 is 2.55 bits per heavy atom. The molecule has 0 radical (unpaired) electrons. The summed E-state index contributed by atoms with van der Waals surface area (Å²) in [5.74, 6) is 3.63. The predicted molar refractivity (Wildman–Crippen MR) is 83.4 cm³/mol. The average Bonchev–Trinajstić information content (AvgIpc) is 3.33. The predicted octanol–water partition coefficient (Wildman–Crippen LogP) is 4.49. The van der Waals surface area contributed by atoms with Gasteiger partial charge in [0, 0.05) is 18.3 Å². The van der Waals surface area contributed by atoms with Crippen LogP contribution in [0.1, 0.15) is 43.1 Å². The van der Waals surface area contributed by atoms with Crippen LogP contribution in [-0.4, -0.2) is 15.4 Å². The molecule has 0 atom stereocenters. The summed E-state index contributed by atoms with van der Waals surface area (Å²) in [4.78, 5) is 4.92. The number of nitrogens with zero attached hydrogens (tertiary/aromatic N) is 2. The van der Waals surface area contributed by atoms with E-state index < -0.39 is 0 Å². The maximum atomic E-state index is 6.02. The van der Waals surface area contributed by atoms with Gasteiger partial charge in [-0.25, -0.2) is 4.98 Å². The van der Waals surface area contributed by atoms with Crippen molar-refractivity contribution in [3.05, 3.63) is 29.6 Å². The van der Waals surface area contributed by atoms with Crippen LogP contribution >= 0.6 is 11.6 Å². The highest BCUT2D eigenvalue weighted by molar-refractivity contribution is 6.17. The molecule has 20 heavy (non-hydrogen) atoms. The van der Waals surface area contributed by atoms with Gasteiger partial charge in [-0.1, -0.05) is 12.1 Å². The van der Waals surface area contributed by atoms with Gasteiger partial charge in [-0.15, -0.1) is 11.6 Å². The lowest BCUT2D eigenvalue weighted by atomic mass is 10.1. The standard InChI is InChI=1S/C17H21ClN2/c1-11-3-2-4-14-16(11)19-15(9-10-18)20(14)17(12-5-6-12)13-7-8-13/h2-4,12-13,17H,5-10H2,1H3. The van der Waals surface area contributed by atoms with Crippen LogP contribution in [0, 0.1) is 18.8 Å². The lowest BCUT2D eigenvalue weighted by Gasteiger charge is -2.21. The summed E-state index contributed by atoms with van der Waals surface area (Å²) in [6.45, 7) is 2.16. The smallest absolute Gasteiger partial charge is 0.111 e. The van der Waals surface area contributed by atoms with Crippen molar-refractivity contribution in [1.82, 2.24) is 9.55 Å². The highest BCUT2D eigenvalue weighted by Gasteiger charge is 2.43.